The first-order chi connectivity index (χ1) is 12.7. The summed E-state index contributed by atoms with van der Waals surface area (Å²) in [4.78, 5) is 16.7. The number of carbonyl (C=O) groups excluding carboxylic acids is 1. The summed E-state index contributed by atoms with van der Waals surface area (Å²) in [6.07, 6.45) is 2.02. The molecule has 134 valence electrons. The molecule has 1 saturated heterocycles. The van der Waals surface area contributed by atoms with Crippen LogP contribution >= 0.6 is 11.8 Å². The third kappa shape index (κ3) is 4.27. The highest BCUT2D eigenvalue weighted by Gasteiger charge is 2.25. The van der Waals surface area contributed by atoms with Gasteiger partial charge in [-0.25, -0.2) is 0 Å². The molecule has 2 aromatic rings. The molecule has 0 aliphatic carbocycles. The topological polar surface area (TPSA) is 53.3 Å². The van der Waals surface area contributed by atoms with Gasteiger partial charge in [0.15, 0.2) is 0 Å². The quantitative estimate of drug-likeness (QED) is 0.789. The number of amides is 1. The molecule has 0 spiro atoms. The van der Waals surface area contributed by atoms with Crippen molar-refractivity contribution >= 4 is 17.7 Å². The molecular weight excluding hydrogens is 344 g/mol. The molecular formula is C21H22N2O2S. The van der Waals surface area contributed by atoms with Crippen LogP contribution in [0.4, 0.5) is 0 Å². The molecule has 1 fully saturated rings. The summed E-state index contributed by atoms with van der Waals surface area (Å²) in [6.45, 7) is 4.16. The summed E-state index contributed by atoms with van der Waals surface area (Å²) < 4.78 is 5.67. The normalized spacial score (nSPS) is 14.8. The Morgan fingerprint density at radius 3 is 2.50 bits per heavy atom. The second-order valence-corrected chi connectivity index (χ2v) is 7.24. The number of benzene rings is 2. The van der Waals surface area contributed by atoms with E-state index in [1.54, 1.807) is 6.07 Å². The summed E-state index contributed by atoms with van der Waals surface area (Å²) >= 11 is 1.47. The van der Waals surface area contributed by atoms with Gasteiger partial charge in [-0.05, 0) is 44.0 Å². The molecule has 0 saturated carbocycles. The predicted octanol–water partition coefficient (Wildman–Crippen LogP) is 4.35. The number of carbonyl (C=O) groups is 1. The van der Waals surface area contributed by atoms with Crippen LogP contribution in [0.2, 0.25) is 0 Å². The lowest BCUT2D eigenvalue weighted by Crippen LogP contribution is -2.41. The van der Waals surface area contributed by atoms with Crippen molar-refractivity contribution in [2.75, 3.05) is 19.7 Å². The van der Waals surface area contributed by atoms with Crippen molar-refractivity contribution in [3.05, 3.63) is 59.7 Å². The smallest absolute Gasteiger partial charge is 0.255 e. The van der Waals surface area contributed by atoms with E-state index in [2.05, 4.69) is 6.07 Å². The molecule has 2 aromatic carbocycles. The molecule has 1 heterocycles. The maximum absolute atomic E-state index is 13.0. The highest BCUT2D eigenvalue weighted by Crippen LogP contribution is 2.33. The van der Waals surface area contributed by atoms with Crippen LogP contribution in [0.25, 0.3) is 0 Å². The van der Waals surface area contributed by atoms with E-state index >= 15 is 0 Å². The SMILES string of the molecule is CCOC1CCN(C(=O)c2ccccc2Sc2ccccc2C#N)CC1. The molecule has 3 rings (SSSR count). The van der Waals surface area contributed by atoms with Gasteiger partial charge in [0, 0.05) is 29.5 Å². The fourth-order valence-electron chi connectivity index (χ4n) is 3.13. The van der Waals surface area contributed by atoms with Crippen molar-refractivity contribution in [1.29, 1.82) is 5.26 Å². The summed E-state index contributed by atoms with van der Waals surface area (Å²) in [6, 6.07) is 17.3. The van der Waals surface area contributed by atoms with Crippen LogP contribution in [-0.2, 0) is 4.74 Å². The number of piperidine rings is 1. The molecule has 1 amide bonds. The lowest BCUT2D eigenvalue weighted by Gasteiger charge is -2.32. The third-order valence-electron chi connectivity index (χ3n) is 4.48. The highest BCUT2D eigenvalue weighted by atomic mass is 32.2. The van der Waals surface area contributed by atoms with E-state index in [0.717, 1.165) is 42.3 Å². The summed E-state index contributed by atoms with van der Waals surface area (Å²) in [5.74, 6) is 0.0532. The fourth-order valence-corrected chi connectivity index (χ4v) is 4.15. The zero-order valence-corrected chi connectivity index (χ0v) is 15.7. The second-order valence-electron chi connectivity index (χ2n) is 6.15. The zero-order chi connectivity index (χ0) is 18.4. The number of hydrogen-bond acceptors (Lipinski definition) is 4. The predicted molar refractivity (Wildman–Crippen MR) is 102 cm³/mol. The Balaban J connectivity index is 1.77. The molecule has 1 aliphatic rings. The second kappa shape index (κ2) is 8.88. The van der Waals surface area contributed by atoms with Crippen LogP contribution < -0.4 is 0 Å². The largest absolute Gasteiger partial charge is 0.378 e. The zero-order valence-electron chi connectivity index (χ0n) is 14.9. The minimum absolute atomic E-state index is 0.0532. The van der Waals surface area contributed by atoms with Crippen LogP contribution in [0.5, 0.6) is 0 Å². The third-order valence-corrected chi connectivity index (χ3v) is 5.63. The van der Waals surface area contributed by atoms with E-state index in [1.165, 1.54) is 11.8 Å². The van der Waals surface area contributed by atoms with E-state index in [9.17, 15) is 10.1 Å². The monoisotopic (exact) mass is 366 g/mol. The van der Waals surface area contributed by atoms with Gasteiger partial charge in [0.1, 0.15) is 6.07 Å². The first-order valence-electron chi connectivity index (χ1n) is 8.89. The molecule has 0 N–H and O–H groups in total. The maximum Gasteiger partial charge on any atom is 0.255 e. The summed E-state index contributed by atoms with van der Waals surface area (Å²) in [5, 5.41) is 9.30. The molecule has 0 unspecified atom stereocenters. The minimum atomic E-state index is 0.0532. The molecule has 1 aliphatic heterocycles. The number of ether oxygens (including phenoxy) is 1. The number of likely N-dealkylation sites (tertiary alicyclic amines) is 1. The average Bonchev–Trinajstić information content (AvgIpc) is 2.69. The molecule has 0 bridgehead atoms. The van der Waals surface area contributed by atoms with E-state index < -0.39 is 0 Å². The number of rotatable bonds is 5. The first-order valence-corrected chi connectivity index (χ1v) is 9.71. The lowest BCUT2D eigenvalue weighted by molar-refractivity contribution is 0.0145. The summed E-state index contributed by atoms with van der Waals surface area (Å²) in [5.41, 5.74) is 1.32. The van der Waals surface area contributed by atoms with Gasteiger partial charge in [-0.15, -0.1) is 0 Å². The van der Waals surface area contributed by atoms with Gasteiger partial charge in [0.2, 0.25) is 0 Å². The Bertz CT molecular complexity index is 808. The van der Waals surface area contributed by atoms with Gasteiger partial charge >= 0.3 is 0 Å². The van der Waals surface area contributed by atoms with Crippen LogP contribution in [0.15, 0.2) is 58.3 Å². The Morgan fingerprint density at radius 2 is 1.81 bits per heavy atom. The van der Waals surface area contributed by atoms with Crippen LogP contribution in [0.1, 0.15) is 35.7 Å². The van der Waals surface area contributed by atoms with Gasteiger partial charge in [-0.3, -0.25) is 4.79 Å². The van der Waals surface area contributed by atoms with Gasteiger partial charge < -0.3 is 9.64 Å². The van der Waals surface area contributed by atoms with E-state index in [0.29, 0.717) is 11.1 Å². The van der Waals surface area contributed by atoms with Gasteiger partial charge in [0.05, 0.1) is 17.2 Å². The Hall–Kier alpha value is -2.29. The van der Waals surface area contributed by atoms with Crippen LogP contribution in [0.3, 0.4) is 0 Å². The van der Waals surface area contributed by atoms with E-state index in [-0.39, 0.29) is 12.0 Å². The average molecular weight is 366 g/mol. The minimum Gasteiger partial charge on any atom is -0.378 e. The Morgan fingerprint density at radius 1 is 1.15 bits per heavy atom. The van der Waals surface area contributed by atoms with Gasteiger partial charge in [-0.2, -0.15) is 5.26 Å². The molecule has 0 radical (unpaired) electrons. The van der Waals surface area contributed by atoms with Crippen molar-refractivity contribution < 1.29 is 9.53 Å². The van der Waals surface area contributed by atoms with E-state index in [1.807, 2.05) is 54.3 Å². The molecule has 5 heteroatoms. The summed E-state index contributed by atoms with van der Waals surface area (Å²) in [7, 11) is 0. The Labute approximate surface area is 158 Å². The standard InChI is InChI=1S/C21H22N2O2S/c1-2-25-17-11-13-23(14-12-17)21(24)18-8-4-6-10-20(18)26-19-9-5-3-7-16(19)15-22/h3-10,17H,2,11-14H2,1H3. The van der Waals surface area contributed by atoms with Crippen LogP contribution in [0, 0.1) is 11.3 Å². The highest BCUT2D eigenvalue weighted by molar-refractivity contribution is 7.99. The van der Waals surface area contributed by atoms with Gasteiger partial charge in [0.25, 0.3) is 5.91 Å². The fraction of sp³-hybridized carbons (Fsp3) is 0.333. The van der Waals surface area contributed by atoms with E-state index in [4.69, 9.17) is 4.74 Å². The van der Waals surface area contributed by atoms with Gasteiger partial charge in [-0.1, -0.05) is 36.0 Å². The number of hydrogen-bond donors (Lipinski definition) is 0. The van der Waals surface area contributed by atoms with Crippen molar-refractivity contribution in [2.24, 2.45) is 0 Å². The number of nitrogens with zero attached hydrogens (tertiary/aromatic N) is 2. The molecule has 4 nitrogen and oxygen atoms in total. The van der Waals surface area contributed by atoms with Crippen molar-refractivity contribution in [1.82, 2.24) is 4.90 Å². The first kappa shape index (κ1) is 18.5. The maximum atomic E-state index is 13.0. The molecule has 0 aromatic heterocycles. The lowest BCUT2D eigenvalue weighted by atomic mass is 10.1. The van der Waals surface area contributed by atoms with Crippen molar-refractivity contribution in [2.45, 2.75) is 35.7 Å². The van der Waals surface area contributed by atoms with Crippen LogP contribution in [-0.4, -0.2) is 36.6 Å². The number of nitriles is 1. The molecule has 0 atom stereocenters. The molecule has 26 heavy (non-hydrogen) atoms. The Kier molecular flexibility index (Phi) is 6.32. The van der Waals surface area contributed by atoms with Crippen molar-refractivity contribution in [3.8, 4) is 6.07 Å². The van der Waals surface area contributed by atoms with Crippen molar-refractivity contribution in [3.63, 3.8) is 0 Å².